The van der Waals surface area contributed by atoms with Gasteiger partial charge >= 0.3 is 0 Å². The predicted molar refractivity (Wildman–Crippen MR) is 250 cm³/mol. The van der Waals surface area contributed by atoms with Crippen molar-refractivity contribution < 1.29 is 4.42 Å². The predicted octanol–water partition coefficient (Wildman–Crippen LogP) is 14.2. The van der Waals surface area contributed by atoms with E-state index in [0.717, 1.165) is 55.3 Å². The highest BCUT2D eigenvalue weighted by molar-refractivity contribution is 6.28. The van der Waals surface area contributed by atoms with Crippen LogP contribution in [0.25, 0.3) is 132 Å². The largest absolute Gasteiger partial charge is 0.456 e. The summed E-state index contributed by atoms with van der Waals surface area (Å²) >= 11 is 0. The first kappa shape index (κ1) is 32.6. The Labute approximate surface area is 347 Å². The van der Waals surface area contributed by atoms with Gasteiger partial charge in [0.2, 0.25) is 0 Å². The van der Waals surface area contributed by atoms with Gasteiger partial charge in [-0.05, 0) is 47.2 Å². The smallest absolute Gasteiger partial charge is 0.164 e. The standard InChI is InChI=1S/C55H31N5O/c1-3-15-33(16-4-1)53-56-54(34-17-5-2-6-18-34)58-55(57-53)43-28-35(29-49-51(43)40-21-10-12-25-48(40)61-49)59-45-27-26-32-14-7-8-19-36(32)50(45)42-30-41-39-23-13-22-38-37-20-9-11-24-44(37)60(52(38)39)46(41)31-47(42)59/h1-31H. The Hall–Kier alpha value is -8.35. The van der Waals surface area contributed by atoms with Gasteiger partial charge < -0.3 is 13.4 Å². The van der Waals surface area contributed by atoms with Gasteiger partial charge in [0.1, 0.15) is 11.2 Å². The summed E-state index contributed by atoms with van der Waals surface area (Å²) in [5, 5.41) is 11.8. The van der Waals surface area contributed by atoms with Crippen molar-refractivity contribution in [2.75, 3.05) is 0 Å². The minimum atomic E-state index is 0.579. The Morgan fingerprint density at radius 2 is 1.00 bits per heavy atom. The van der Waals surface area contributed by atoms with Gasteiger partial charge in [-0.1, -0.05) is 146 Å². The summed E-state index contributed by atoms with van der Waals surface area (Å²) in [5.41, 5.74) is 11.1. The van der Waals surface area contributed by atoms with Crippen molar-refractivity contribution >= 4 is 92.6 Å². The maximum atomic E-state index is 6.78. The molecule has 282 valence electrons. The van der Waals surface area contributed by atoms with E-state index in [-0.39, 0.29) is 0 Å². The van der Waals surface area contributed by atoms with Gasteiger partial charge in [-0.2, -0.15) is 0 Å². The van der Waals surface area contributed by atoms with Crippen LogP contribution in [0.3, 0.4) is 0 Å². The molecule has 0 bridgehead atoms. The van der Waals surface area contributed by atoms with Gasteiger partial charge in [0.05, 0.1) is 33.3 Å². The highest BCUT2D eigenvalue weighted by atomic mass is 16.3. The number of furan rings is 1. The molecule has 0 N–H and O–H groups in total. The van der Waals surface area contributed by atoms with Gasteiger partial charge in [0.25, 0.3) is 0 Å². The van der Waals surface area contributed by atoms with Crippen LogP contribution in [0.2, 0.25) is 0 Å². The Morgan fingerprint density at radius 3 is 1.79 bits per heavy atom. The van der Waals surface area contributed by atoms with Crippen LogP contribution in [0.1, 0.15) is 0 Å². The lowest BCUT2D eigenvalue weighted by molar-refractivity contribution is 0.668. The number of benzene rings is 9. The molecular weight excluding hydrogens is 747 g/mol. The number of fused-ring (bicyclic) bond motifs is 14. The highest BCUT2D eigenvalue weighted by Crippen LogP contribution is 2.46. The second kappa shape index (κ2) is 12.1. The molecule has 5 heterocycles. The Bertz CT molecular complexity index is 4050. The number of rotatable bonds is 4. The van der Waals surface area contributed by atoms with E-state index in [9.17, 15) is 0 Å². The lowest BCUT2D eigenvalue weighted by Crippen LogP contribution is -2.01. The highest BCUT2D eigenvalue weighted by Gasteiger charge is 2.24. The molecule has 0 fully saturated rings. The topological polar surface area (TPSA) is 61.2 Å². The van der Waals surface area contributed by atoms with Gasteiger partial charge in [0.15, 0.2) is 17.5 Å². The maximum absolute atomic E-state index is 6.78. The second-order valence-electron chi connectivity index (χ2n) is 16.0. The van der Waals surface area contributed by atoms with Crippen molar-refractivity contribution in [2.45, 2.75) is 0 Å². The van der Waals surface area contributed by atoms with Crippen molar-refractivity contribution in [2.24, 2.45) is 0 Å². The molecule has 5 aromatic heterocycles. The van der Waals surface area contributed by atoms with Crippen molar-refractivity contribution in [1.82, 2.24) is 23.9 Å². The first-order chi connectivity index (χ1) is 30.2. The van der Waals surface area contributed by atoms with Crippen molar-refractivity contribution in [3.63, 3.8) is 0 Å². The number of para-hydroxylation sites is 3. The molecular formula is C55H31N5O. The summed E-state index contributed by atoms with van der Waals surface area (Å²) in [6.45, 7) is 0. The molecule has 0 spiro atoms. The van der Waals surface area contributed by atoms with E-state index in [0.29, 0.717) is 17.5 Å². The quantitative estimate of drug-likeness (QED) is 0.179. The monoisotopic (exact) mass is 777 g/mol. The number of aromatic nitrogens is 5. The second-order valence-corrected chi connectivity index (χ2v) is 16.0. The normalized spacial score (nSPS) is 12.3. The fraction of sp³-hybridized carbons (Fsp3) is 0. The number of hydrogen-bond donors (Lipinski definition) is 0. The van der Waals surface area contributed by atoms with Crippen molar-refractivity contribution in [1.29, 1.82) is 0 Å². The van der Waals surface area contributed by atoms with Crippen LogP contribution in [-0.4, -0.2) is 23.9 Å². The fourth-order valence-electron chi connectivity index (χ4n) is 10.1. The van der Waals surface area contributed by atoms with E-state index < -0.39 is 0 Å². The maximum Gasteiger partial charge on any atom is 0.164 e. The third-order valence-corrected chi connectivity index (χ3v) is 12.7. The molecule has 0 saturated heterocycles. The first-order valence-electron chi connectivity index (χ1n) is 20.6. The molecule has 9 aromatic carbocycles. The zero-order chi connectivity index (χ0) is 39.8. The lowest BCUT2D eigenvalue weighted by Gasteiger charge is -2.13. The summed E-state index contributed by atoms with van der Waals surface area (Å²) in [6.07, 6.45) is 0. The van der Waals surface area contributed by atoms with Gasteiger partial charge in [-0.15, -0.1) is 0 Å². The van der Waals surface area contributed by atoms with E-state index in [1.807, 2.05) is 72.8 Å². The van der Waals surface area contributed by atoms with Crippen LogP contribution in [0.15, 0.2) is 192 Å². The van der Waals surface area contributed by atoms with Crippen LogP contribution >= 0.6 is 0 Å². The molecule has 0 aliphatic carbocycles. The molecule has 14 aromatic rings. The van der Waals surface area contributed by atoms with E-state index >= 15 is 0 Å². The van der Waals surface area contributed by atoms with Gasteiger partial charge in [-0.25, -0.2) is 15.0 Å². The van der Waals surface area contributed by atoms with Crippen LogP contribution in [0.4, 0.5) is 0 Å². The lowest BCUT2D eigenvalue weighted by atomic mass is 10.0. The number of hydrogen-bond acceptors (Lipinski definition) is 4. The summed E-state index contributed by atoms with van der Waals surface area (Å²) in [7, 11) is 0. The van der Waals surface area contributed by atoms with E-state index in [2.05, 4.69) is 124 Å². The Balaban J connectivity index is 1.14. The summed E-state index contributed by atoms with van der Waals surface area (Å²) in [5.74, 6) is 1.80. The molecule has 0 saturated carbocycles. The molecule has 6 heteroatoms. The minimum Gasteiger partial charge on any atom is -0.456 e. The van der Waals surface area contributed by atoms with E-state index in [1.54, 1.807) is 0 Å². The number of nitrogens with zero attached hydrogens (tertiary/aromatic N) is 5. The van der Waals surface area contributed by atoms with Crippen LogP contribution < -0.4 is 0 Å². The molecule has 0 atom stereocenters. The van der Waals surface area contributed by atoms with Crippen molar-refractivity contribution in [3.05, 3.63) is 188 Å². The van der Waals surface area contributed by atoms with Crippen LogP contribution in [0.5, 0.6) is 0 Å². The van der Waals surface area contributed by atoms with E-state index in [1.165, 1.54) is 59.6 Å². The zero-order valence-electron chi connectivity index (χ0n) is 32.5. The summed E-state index contributed by atoms with van der Waals surface area (Å²) < 4.78 is 11.7. The van der Waals surface area contributed by atoms with Crippen LogP contribution in [-0.2, 0) is 0 Å². The summed E-state index contributed by atoms with van der Waals surface area (Å²) in [6, 6.07) is 66.5. The summed E-state index contributed by atoms with van der Waals surface area (Å²) in [4.78, 5) is 15.6. The van der Waals surface area contributed by atoms with Crippen LogP contribution in [0, 0.1) is 0 Å². The molecule has 14 rings (SSSR count). The Morgan fingerprint density at radius 1 is 0.361 bits per heavy atom. The molecule has 61 heavy (non-hydrogen) atoms. The fourth-order valence-corrected chi connectivity index (χ4v) is 10.1. The third-order valence-electron chi connectivity index (χ3n) is 12.7. The molecule has 0 unspecified atom stereocenters. The van der Waals surface area contributed by atoms with E-state index in [4.69, 9.17) is 19.4 Å². The average Bonchev–Trinajstić information content (AvgIpc) is 4.06. The average molecular weight is 778 g/mol. The molecule has 6 nitrogen and oxygen atoms in total. The van der Waals surface area contributed by atoms with Crippen molar-refractivity contribution in [3.8, 4) is 39.9 Å². The van der Waals surface area contributed by atoms with Gasteiger partial charge in [-0.3, -0.25) is 0 Å². The third kappa shape index (κ3) is 4.53. The first-order valence-corrected chi connectivity index (χ1v) is 20.6. The molecule has 0 amide bonds. The Kier molecular flexibility index (Phi) is 6.46. The van der Waals surface area contributed by atoms with Gasteiger partial charge in [0, 0.05) is 65.8 Å². The molecule has 0 aliphatic rings. The molecule has 0 radical (unpaired) electrons. The zero-order valence-corrected chi connectivity index (χ0v) is 32.5. The SMILES string of the molecule is c1ccc(-c2nc(-c3ccccc3)nc(-c3cc(-n4c5cc6c(cc5c5c7ccccc7ccc54)c4cccc5c7ccccc7n6c54)cc4oc5ccccc5c34)n2)cc1. The minimum absolute atomic E-state index is 0.579. The molecule has 0 aliphatic heterocycles.